The van der Waals surface area contributed by atoms with Gasteiger partial charge in [0.25, 0.3) is 0 Å². The first-order chi connectivity index (χ1) is 9.61. The Labute approximate surface area is 134 Å². The maximum absolute atomic E-state index is 9.32. The molecule has 0 bridgehead atoms. The summed E-state index contributed by atoms with van der Waals surface area (Å²) in [4.78, 5) is 2.30. The van der Waals surface area contributed by atoms with Gasteiger partial charge >= 0.3 is 0 Å². The number of hydrogen-bond donors (Lipinski definition) is 2. The van der Waals surface area contributed by atoms with Gasteiger partial charge in [-0.25, -0.2) is 0 Å². The van der Waals surface area contributed by atoms with Crippen LogP contribution < -0.4 is 5.32 Å². The van der Waals surface area contributed by atoms with Gasteiger partial charge in [-0.05, 0) is 44.0 Å². The van der Waals surface area contributed by atoms with Crippen molar-refractivity contribution in [2.24, 2.45) is 0 Å². The van der Waals surface area contributed by atoms with Gasteiger partial charge < -0.3 is 10.4 Å². The highest BCUT2D eigenvalue weighted by Gasteiger charge is 2.23. The average Bonchev–Trinajstić information content (AvgIpc) is 2.90. The molecule has 1 saturated heterocycles. The summed E-state index contributed by atoms with van der Waals surface area (Å²) in [5.74, 6) is 0. The van der Waals surface area contributed by atoms with E-state index in [1.54, 1.807) is 0 Å². The van der Waals surface area contributed by atoms with E-state index >= 15 is 0 Å². The largest absolute Gasteiger partial charge is 0.395 e. The predicted octanol–water partition coefficient (Wildman–Crippen LogP) is 3.21. The highest BCUT2D eigenvalue weighted by molar-refractivity contribution is 9.10. The maximum Gasteiger partial charge on any atom is 0.0558 e. The van der Waals surface area contributed by atoms with E-state index in [2.05, 4.69) is 39.1 Å². The van der Waals surface area contributed by atoms with Crippen LogP contribution in [0.5, 0.6) is 0 Å². The molecule has 0 amide bonds. The van der Waals surface area contributed by atoms with Gasteiger partial charge in [0.1, 0.15) is 0 Å². The van der Waals surface area contributed by atoms with Crippen molar-refractivity contribution in [2.75, 3.05) is 26.2 Å². The minimum absolute atomic E-state index is 0.172. The number of aliphatic hydroxyl groups is 1. The molecule has 3 nitrogen and oxygen atoms in total. The third-order valence-electron chi connectivity index (χ3n) is 3.96. The van der Waals surface area contributed by atoms with Crippen molar-refractivity contribution in [3.05, 3.63) is 33.3 Å². The van der Waals surface area contributed by atoms with Gasteiger partial charge in [-0.2, -0.15) is 0 Å². The Morgan fingerprint density at radius 3 is 2.95 bits per heavy atom. The average molecular weight is 362 g/mol. The monoisotopic (exact) mass is 360 g/mol. The Balaban J connectivity index is 2.10. The van der Waals surface area contributed by atoms with E-state index in [1.165, 1.54) is 12.8 Å². The molecule has 1 aliphatic rings. The van der Waals surface area contributed by atoms with Gasteiger partial charge in [0.05, 0.1) is 6.61 Å². The molecule has 0 radical (unpaired) electrons. The number of rotatable bonds is 6. The van der Waals surface area contributed by atoms with Crippen molar-refractivity contribution >= 4 is 27.5 Å². The summed E-state index contributed by atoms with van der Waals surface area (Å²) in [6, 6.07) is 6.73. The molecule has 1 aromatic carbocycles. The molecular weight excluding hydrogens is 340 g/mol. The highest BCUT2D eigenvalue weighted by Crippen LogP contribution is 2.30. The lowest BCUT2D eigenvalue weighted by Crippen LogP contribution is -2.40. The van der Waals surface area contributed by atoms with E-state index in [4.69, 9.17) is 11.6 Å². The van der Waals surface area contributed by atoms with Crippen LogP contribution in [-0.4, -0.2) is 42.3 Å². The second-order valence-corrected chi connectivity index (χ2v) is 6.68. The van der Waals surface area contributed by atoms with Gasteiger partial charge in [-0.3, -0.25) is 4.90 Å². The molecule has 2 atom stereocenters. The molecule has 1 aliphatic heterocycles. The molecule has 0 aliphatic carbocycles. The third-order valence-corrected chi connectivity index (χ3v) is 4.79. The third kappa shape index (κ3) is 4.18. The molecule has 112 valence electrons. The number of halogens is 2. The van der Waals surface area contributed by atoms with Gasteiger partial charge in [-0.15, -0.1) is 0 Å². The van der Waals surface area contributed by atoms with Crippen LogP contribution in [-0.2, 0) is 0 Å². The van der Waals surface area contributed by atoms with Crippen LogP contribution in [0.25, 0.3) is 0 Å². The van der Waals surface area contributed by atoms with Crippen LogP contribution in [0.2, 0.25) is 5.02 Å². The lowest BCUT2D eigenvalue weighted by atomic mass is 10.1. The standard InChI is InChI=1S/C15H22BrClN2O/c1-11(14-5-4-12(16)9-15(14)17)19(7-8-20)10-13-3-2-6-18-13/h4-5,9,11,13,18,20H,2-3,6-8,10H2,1H3. The summed E-state index contributed by atoms with van der Waals surface area (Å²) in [6.07, 6.45) is 2.45. The minimum atomic E-state index is 0.172. The van der Waals surface area contributed by atoms with E-state index in [0.717, 1.165) is 28.1 Å². The van der Waals surface area contributed by atoms with Crippen molar-refractivity contribution < 1.29 is 5.11 Å². The van der Waals surface area contributed by atoms with E-state index in [0.29, 0.717) is 12.6 Å². The Bertz CT molecular complexity index is 438. The lowest BCUT2D eigenvalue weighted by Gasteiger charge is -2.31. The summed E-state index contributed by atoms with van der Waals surface area (Å²) in [6.45, 7) is 5.05. The Morgan fingerprint density at radius 1 is 1.55 bits per heavy atom. The van der Waals surface area contributed by atoms with Gasteiger partial charge in [-0.1, -0.05) is 33.6 Å². The quantitative estimate of drug-likeness (QED) is 0.816. The number of hydrogen-bond acceptors (Lipinski definition) is 3. The van der Waals surface area contributed by atoms with Gasteiger partial charge in [0.2, 0.25) is 0 Å². The number of aliphatic hydroxyl groups excluding tert-OH is 1. The molecule has 5 heteroatoms. The fourth-order valence-electron chi connectivity index (χ4n) is 2.80. The van der Waals surface area contributed by atoms with Crippen molar-refractivity contribution in [2.45, 2.75) is 31.8 Å². The summed E-state index contributed by atoms with van der Waals surface area (Å²) >= 11 is 9.79. The van der Waals surface area contributed by atoms with Crippen LogP contribution in [0.1, 0.15) is 31.4 Å². The fourth-order valence-corrected chi connectivity index (χ4v) is 3.64. The van der Waals surface area contributed by atoms with E-state index in [9.17, 15) is 5.11 Å². The molecule has 1 aromatic rings. The molecule has 20 heavy (non-hydrogen) atoms. The lowest BCUT2D eigenvalue weighted by molar-refractivity contribution is 0.147. The number of benzene rings is 1. The molecule has 1 fully saturated rings. The molecule has 0 spiro atoms. The zero-order chi connectivity index (χ0) is 14.5. The molecule has 0 aromatic heterocycles. The van der Waals surface area contributed by atoms with Crippen LogP contribution in [0.3, 0.4) is 0 Å². The van der Waals surface area contributed by atoms with Gasteiger partial charge in [0.15, 0.2) is 0 Å². The molecular formula is C15H22BrClN2O. The first kappa shape index (κ1) is 16.2. The SMILES string of the molecule is CC(c1ccc(Br)cc1Cl)N(CCO)CC1CCCN1. The Kier molecular flexibility index (Phi) is 6.30. The topological polar surface area (TPSA) is 35.5 Å². The zero-order valence-electron chi connectivity index (χ0n) is 11.8. The smallest absolute Gasteiger partial charge is 0.0558 e. The molecule has 0 saturated carbocycles. The van der Waals surface area contributed by atoms with Crippen molar-refractivity contribution in [3.63, 3.8) is 0 Å². The molecule has 2 unspecified atom stereocenters. The molecule has 2 rings (SSSR count). The summed E-state index contributed by atoms with van der Waals surface area (Å²) in [5.41, 5.74) is 1.11. The highest BCUT2D eigenvalue weighted by atomic mass is 79.9. The predicted molar refractivity (Wildman–Crippen MR) is 87.3 cm³/mol. The number of nitrogens with one attached hydrogen (secondary N) is 1. The molecule has 1 heterocycles. The number of nitrogens with zero attached hydrogens (tertiary/aromatic N) is 1. The summed E-state index contributed by atoms with van der Waals surface area (Å²) in [5, 5.41) is 13.6. The minimum Gasteiger partial charge on any atom is -0.395 e. The van der Waals surface area contributed by atoms with Crippen molar-refractivity contribution in [1.29, 1.82) is 0 Å². The molecule has 2 N–H and O–H groups in total. The van der Waals surface area contributed by atoms with E-state index in [-0.39, 0.29) is 12.6 Å². The van der Waals surface area contributed by atoms with Crippen LogP contribution in [0.4, 0.5) is 0 Å². The van der Waals surface area contributed by atoms with Crippen molar-refractivity contribution in [1.82, 2.24) is 10.2 Å². The fraction of sp³-hybridized carbons (Fsp3) is 0.600. The summed E-state index contributed by atoms with van der Waals surface area (Å²) in [7, 11) is 0. The first-order valence-corrected chi connectivity index (χ1v) is 8.32. The zero-order valence-corrected chi connectivity index (χ0v) is 14.1. The Hall–Kier alpha value is -0.130. The first-order valence-electron chi connectivity index (χ1n) is 7.15. The van der Waals surface area contributed by atoms with Crippen molar-refractivity contribution in [3.8, 4) is 0 Å². The second-order valence-electron chi connectivity index (χ2n) is 5.35. The van der Waals surface area contributed by atoms with Crippen LogP contribution in [0.15, 0.2) is 22.7 Å². The van der Waals surface area contributed by atoms with Crippen LogP contribution >= 0.6 is 27.5 Å². The van der Waals surface area contributed by atoms with E-state index in [1.807, 2.05) is 12.1 Å². The normalized spacial score (nSPS) is 20.6. The Morgan fingerprint density at radius 2 is 2.35 bits per heavy atom. The van der Waals surface area contributed by atoms with Gasteiger partial charge in [0, 0.05) is 34.7 Å². The maximum atomic E-state index is 9.32. The van der Waals surface area contributed by atoms with E-state index < -0.39 is 0 Å². The second kappa shape index (κ2) is 7.76. The van der Waals surface area contributed by atoms with Crippen LogP contribution in [0, 0.1) is 0 Å². The summed E-state index contributed by atoms with van der Waals surface area (Å²) < 4.78 is 0.990.